The van der Waals surface area contributed by atoms with Crippen molar-refractivity contribution >= 4 is 15.9 Å². The number of ether oxygens (including phenoxy) is 1. The summed E-state index contributed by atoms with van der Waals surface area (Å²) in [6.07, 6.45) is 0.884. The Labute approximate surface area is 110 Å². The molecule has 0 aliphatic rings. The highest BCUT2D eigenvalue weighted by atomic mass is 79.9. The highest BCUT2D eigenvalue weighted by molar-refractivity contribution is 9.10. The van der Waals surface area contributed by atoms with Gasteiger partial charge in [-0.25, -0.2) is 4.39 Å². The topological polar surface area (TPSA) is 47.3 Å². The molecule has 2 atom stereocenters. The Morgan fingerprint density at radius 3 is 2.76 bits per heavy atom. The summed E-state index contributed by atoms with van der Waals surface area (Å²) in [5, 5.41) is 0. The Morgan fingerprint density at radius 2 is 2.24 bits per heavy atom. The summed E-state index contributed by atoms with van der Waals surface area (Å²) in [6, 6.07) is 4.60. The molecular weight excluding hydrogens is 287 g/mol. The number of halogens is 2. The molecule has 1 aromatic carbocycles. The molecule has 0 spiro atoms. The van der Waals surface area contributed by atoms with Gasteiger partial charge in [0.05, 0.1) is 0 Å². The first-order chi connectivity index (χ1) is 8.10. The molecule has 2 unspecified atom stereocenters. The molecule has 1 rings (SSSR count). The zero-order valence-electron chi connectivity index (χ0n) is 10.0. The van der Waals surface area contributed by atoms with E-state index in [2.05, 4.69) is 28.3 Å². The van der Waals surface area contributed by atoms with Crippen molar-refractivity contribution in [2.24, 2.45) is 11.8 Å². The summed E-state index contributed by atoms with van der Waals surface area (Å²) in [4.78, 5) is 0. The second kappa shape index (κ2) is 7.06. The van der Waals surface area contributed by atoms with Crippen molar-refractivity contribution in [3.63, 3.8) is 0 Å². The van der Waals surface area contributed by atoms with Gasteiger partial charge in [0.1, 0.15) is 5.82 Å². The summed E-state index contributed by atoms with van der Waals surface area (Å²) in [7, 11) is 1.67. The van der Waals surface area contributed by atoms with Gasteiger partial charge in [-0.05, 0) is 30.0 Å². The molecule has 0 radical (unpaired) electrons. The summed E-state index contributed by atoms with van der Waals surface area (Å²) in [5.74, 6) is 5.61. The minimum Gasteiger partial charge on any atom is -0.385 e. The molecule has 3 N–H and O–H groups in total. The van der Waals surface area contributed by atoms with Crippen LogP contribution in [0.15, 0.2) is 22.7 Å². The fourth-order valence-electron chi connectivity index (χ4n) is 1.78. The lowest BCUT2D eigenvalue weighted by Gasteiger charge is -2.24. The van der Waals surface area contributed by atoms with Crippen molar-refractivity contribution in [2.45, 2.75) is 19.4 Å². The van der Waals surface area contributed by atoms with Crippen molar-refractivity contribution < 1.29 is 9.13 Å². The fraction of sp³-hybridized carbons (Fsp3) is 0.500. The quantitative estimate of drug-likeness (QED) is 0.627. The molecule has 0 aliphatic heterocycles. The summed E-state index contributed by atoms with van der Waals surface area (Å²) in [6.45, 7) is 2.76. The zero-order valence-corrected chi connectivity index (χ0v) is 11.6. The predicted molar refractivity (Wildman–Crippen MR) is 69.8 cm³/mol. The number of nitrogens with two attached hydrogens (primary N) is 1. The van der Waals surface area contributed by atoms with Gasteiger partial charge in [0.15, 0.2) is 0 Å². The van der Waals surface area contributed by atoms with Crippen molar-refractivity contribution in [1.82, 2.24) is 5.43 Å². The highest BCUT2D eigenvalue weighted by Gasteiger charge is 2.20. The molecule has 0 bridgehead atoms. The Balaban J connectivity index is 2.85. The van der Waals surface area contributed by atoms with Gasteiger partial charge in [0.25, 0.3) is 0 Å². The summed E-state index contributed by atoms with van der Waals surface area (Å²) in [5.41, 5.74) is 3.74. The summed E-state index contributed by atoms with van der Waals surface area (Å²) < 4.78 is 18.8. The van der Waals surface area contributed by atoms with Gasteiger partial charge in [-0.2, -0.15) is 0 Å². The molecule has 0 amide bonds. The van der Waals surface area contributed by atoms with Crippen LogP contribution in [0.1, 0.15) is 24.9 Å². The van der Waals surface area contributed by atoms with E-state index in [1.165, 1.54) is 12.1 Å². The van der Waals surface area contributed by atoms with Crippen molar-refractivity contribution in [3.8, 4) is 0 Å². The average Bonchev–Trinajstić information content (AvgIpc) is 2.30. The first kappa shape index (κ1) is 14.6. The van der Waals surface area contributed by atoms with E-state index in [9.17, 15) is 4.39 Å². The monoisotopic (exact) mass is 304 g/mol. The van der Waals surface area contributed by atoms with E-state index in [1.807, 2.05) is 0 Å². The van der Waals surface area contributed by atoms with Crippen molar-refractivity contribution in [3.05, 3.63) is 34.1 Å². The molecule has 17 heavy (non-hydrogen) atoms. The molecule has 96 valence electrons. The van der Waals surface area contributed by atoms with Crippen LogP contribution in [0.2, 0.25) is 0 Å². The van der Waals surface area contributed by atoms with Crippen LogP contribution >= 0.6 is 15.9 Å². The van der Waals surface area contributed by atoms with Crippen LogP contribution in [-0.4, -0.2) is 13.7 Å². The second-order valence-corrected chi connectivity index (χ2v) is 4.92. The molecule has 5 heteroatoms. The van der Waals surface area contributed by atoms with Crippen LogP contribution in [0, 0.1) is 11.7 Å². The number of hydrogen-bond donors (Lipinski definition) is 2. The maximum absolute atomic E-state index is 13.0. The minimum absolute atomic E-state index is 0.0277. The number of hydrogen-bond acceptors (Lipinski definition) is 3. The molecular formula is C12H18BrFN2O. The van der Waals surface area contributed by atoms with Gasteiger partial charge in [0, 0.05) is 24.2 Å². The molecule has 0 saturated carbocycles. The van der Waals surface area contributed by atoms with Gasteiger partial charge < -0.3 is 4.74 Å². The van der Waals surface area contributed by atoms with E-state index in [0.717, 1.165) is 16.5 Å². The first-order valence-corrected chi connectivity index (χ1v) is 6.29. The Bertz CT molecular complexity index is 362. The van der Waals surface area contributed by atoms with Crippen LogP contribution in [0.25, 0.3) is 0 Å². The molecule has 3 nitrogen and oxygen atoms in total. The van der Waals surface area contributed by atoms with Gasteiger partial charge >= 0.3 is 0 Å². The first-order valence-electron chi connectivity index (χ1n) is 5.50. The van der Waals surface area contributed by atoms with Gasteiger partial charge in [0.2, 0.25) is 0 Å². The largest absolute Gasteiger partial charge is 0.385 e. The van der Waals surface area contributed by atoms with E-state index in [0.29, 0.717) is 12.5 Å². The minimum atomic E-state index is -0.263. The number of rotatable bonds is 6. The van der Waals surface area contributed by atoms with Crippen LogP contribution in [0.4, 0.5) is 4.39 Å². The molecule has 1 aromatic rings. The fourth-order valence-corrected chi connectivity index (χ4v) is 2.38. The van der Waals surface area contributed by atoms with E-state index in [1.54, 1.807) is 13.2 Å². The number of hydrazine groups is 1. The lowest BCUT2D eigenvalue weighted by atomic mass is 9.92. The van der Waals surface area contributed by atoms with Crippen LogP contribution in [0.3, 0.4) is 0 Å². The molecule has 0 fully saturated rings. The number of nitrogens with one attached hydrogen (secondary N) is 1. The number of methoxy groups -OCH3 is 1. The average molecular weight is 305 g/mol. The molecule has 0 heterocycles. The van der Waals surface area contributed by atoms with E-state index in [-0.39, 0.29) is 11.9 Å². The molecule has 0 aromatic heterocycles. The van der Waals surface area contributed by atoms with E-state index >= 15 is 0 Å². The van der Waals surface area contributed by atoms with Gasteiger partial charge in [-0.1, -0.05) is 28.9 Å². The Hall–Kier alpha value is -0.490. The normalized spacial score (nSPS) is 14.6. The Morgan fingerprint density at radius 1 is 1.53 bits per heavy atom. The number of benzene rings is 1. The SMILES string of the molecule is COCCC(C)C(NN)c1ccc(F)cc1Br. The molecule has 0 aliphatic carbocycles. The highest BCUT2D eigenvalue weighted by Crippen LogP contribution is 2.30. The van der Waals surface area contributed by atoms with Crippen molar-refractivity contribution in [2.75, 3.05) is 13.7 Å². The van der Waals surface area contributed by atoms with E-state index < -0.39 is 0 Å². The van der Waals surface area contributed by atoms with Crippen molar-refractivity contribution in [1.29, 1.82) is 0 Å². The van der Waals surface area contributed by atoms with E-state index in [4.69, 9.17) is 10.6 Å². The van der Waals surface area contributed by atoms with Crippen LogP contribution < -0.4 is 11.3 Å². The predicted octanol–water partition coefficient (Wildman–Crippen LogP) is 2.77. The van der Waals surface area contributed by atoms with Crippen LogP contribution in [-0.2, 0) is 4.74 Å². The third-order valence-electron chi connectivity index (χ3n) is 2.82. The lowest BCUT2D eigenvalue weighted by molar-refractivity contribution is 0.170. The summed E-state index contributed by atoms with van der Waals surface area (Å²) >= 11 is 3.36. The standard InChI is InChI=1S/C12H18BrFN2O/c1-8(5-6-17-2)12(16-15)10-4-3-9(14)7-11(10)13/h3-4,7-8,12,16H,5-6,15H2,1-2H3. The van der Waals surface area contributed by atoms with Gasteiger partial charge in [-0.3, -0.25) is 11.3 Å². The smallest absolute Gasteiger partial charge is 0.124 e. The second-order valence-electron chi connectivity index (χ2n) is 4.07. The van der Waals surface area contributed by atoms with Gasteiger partial charge in [-0.15, -0.1) is 0 Å². The zero-order chi connectivity index (χ0) is 12.8. The maximum atomic E-state index is 13.0. The van der Waals surface area contributed by atoms with Crippen LogP contribution in [0.5, 0.6) is 0 Å². The lowest BCUT2D eigenvalue weighted by Crippen LogP contribution is -2.33. The third-order valence-corrected chi connectivity index (χ3v) is 3.51. The third kappa shape index (κ3) is 4.03. The maximum Gasteiger partial charge on any atom is 0.124 e. The Kier molecular flexibility index (Phi) is 6.05. The molecule has 0 saturated heterocycles.